The number of carbonyl (C=O) groups excluding carboxylic acids is 1. The first-order valence-corrected chi connectivity index (χ1v) is 7.83. The highest BCUT2D eigenvalue weighted by Crippen LogP contribution is 2.13. The van der Waals surface area contributed by atoms with E-state index in [-0.39, 0.29) is 29.7 Å². The van der Waals surface area contributed by atoms with Gasteiger partial charge in [-0.1, -0.05) is 6.92 Å². The fourth-order valence-corrected chi connectivity index (χ4v) is 2.90. The van der Waals surface area contributed by atoms with Gasteiger partial charge >= 0.3 is 0 Å². The minimum atomic E-state index is -3.64. The van der Waals surface area contributed by atoms with Gasteiger partial charge in [-0.15, -0.1) is 0 Å². The molecule has 0 radical (unpaired) electrons. The number of aromatic nitrogens is 1. The predicted molar refractivity (Wildman–Crippen MR) is 74.6 cm³/mol. The number of carbonyl (C=O) groups is 1. The molecule has 1 unspecified atom stereocenters. The van der Waals surface area contributed by atoms with E-state index in [0.29, 0.717) is 6.42 Å². The third-order valence-electron chi connectivity index (χ3n) is 3.02. The molecular formula is C12H21N3O4S. The number of sulfonamides is 1. The summed E-state index contributed by atoms with van der Waals surface area (Å²) in [4.78, 5) is 11.1. The molecule has 0 aliphatic carbocycles. The molecule has 0 bridgehead atoms. The van der Waals surface area contributed by atoms with Crippen molar-refractivity contribution in [3.8, 4) is 0 Å². The molecular weight excluding hydrogens is 282 g/mol. The Hall–Kier alpha value is -1.38. The number of amides is 1. The normalized spacial score (nSPS) is 13.3. The first-order chi connectivity index (χ1) is 9.27. The monoisotopic (exact) mass is 303 g/mol. The fourth-order valence-electron chi connectivity index (χ4n) is 1.76. The van der Waals surface area contributed by atoms with E-state index < -0.39 is 15.9 Å². The second kappa shape index (κ2) is 6.87. The Kier molecular flexibility index (Phi) is 5.73. The topological polar surface area (TPSA) is 114 Å². The van der Waals surface area contributed by atoms with Crippen LogP contribution in [0.5, 0.6) is 0 Å². The number of aliphatic hydroxyl groups excluding tert-OH is 1. The average molecular weight is 303 g/mol. The molecule has 114 valence electrons. The van der Waals surface area contributed by atoms with Gasteiger partial charge in [-0.25, -0.2) is 13.1 Å². The summed E-state index contributed by atoms with van der Waals surface area (Å²) in [6.45, 7) is 2.27. The van der Waals surface area contributed by atoms with E-state index in [2.05, 4.69) is 4.72 Å². The van der Waals surface area contributed by atoms with E-state index in [1.807, 2.05) is 6.92 Å². The summed E-state index contributed by atoms with van der Waals surface area (Å²) in [5, 5.41) is 8.87. The zero-order valence-electron chi connectivity index (χ0n) is 11.7. The van der Waals surface area contributed by atoms with Crippen molar-refractivity contribution >= 4 is 15.9 Å². The molecule has 0 aromatic carbocycles. The zero-order valence-corrected chi connectivity index (χ0v) is 12.5. The summed E-state index contributed by atoms with van der Waals surface area (Å²) in [5.74, 6) is -0.525. The van der Waals surface area contributed by atoms with Crippen molar-refractivity contribution in [3.63, 3.8) is 0 Å². The molecule has 0 aliphatic rings. The third-order valence-corrected chi connectivity index (χ3v) is 4.45. The molecule has 1 heterocycles. The van der Waals surface area contributed by atoms with Crippen LogP contribution in [0, 0.1) is 5.92 Å². The van der Waals surface area contributed by atoms with Gasteiger partial charge in [0.15, 0.2) is 0 Å². The van der Waals surface area contributed by atoms with E-state index >= 15 is 0 Å². The number of nitrogens with one attached hydrogen (secondary N) is 1. The van der Waals surface area contributed by atoms with Gasteiger partial charge < -0.3 is 15.4 Å². The number of hydrogen-bond donors (Lipinski definition) is 3. The highest BCUT2D eigenvalue weighted by molar-refractivity contribution is 7.89. The number of nitrogens with two attached hydrogens (primary N) is 1. The number of nitrogens with zero attached hydrogens (tertiary/aromatic N) is 1. The highest BCUT2D eigenvalue weighted by atomic mass is 32.2. The van der Waals surface area contributed by atoms with Crippen molar-refractivity contribution in [2.24, 2.45) is 18.7 Å². The summed E-state index contributed by atoms with van der Waals surface area (Å²) in [6.07, 6.45) is 2.72. The summed E-state index contributed by atoms with van der Waals surface area (Å²) in [7, 11) is -2.08. The average Bonchev–Trinajstić information content (AvgIpc) is 2.77. The number of aliphatic hydroxyl groups is 1. The molecule has 1 atom stereocenters. The van der Waals surface area contributed by atoms with Crippen molar-refractivity contribution in [3.05, 3.63) is 18.0 Å². The number of rotatable bonds is 8. The van der Waals surface area contributed by atoms with E-state index in [1.165, 1.54) is 16.8 Å². The molecule has 0 fully saturated rings. The SMILES string of the molecule is CC(CO)CCCNS(=O)(=O)c1cc(C(N)=O)n(C)c1. The van der Waals surface area contributed by atoms with Crippen molar-refractivity contribution in [1.29, 1.82) is 0 Å². The zero-order chi connectivity index (χ0) is 15.3. The third kappa shape index (κ3) is 4.32. The molecule has 1 rings (SSSR count). The van der Waals surface area contributed by atoms with Crippen LogP contribution in [-0.4, -0.2) is 37.2 Å². The van der Waals surface area contributed by atoms with Gasteiger partial charge in [0.25, 0.3) is 5.91 Å². The highest BCUT2D eigenvalue weighted by Gasteiger charge is 2.18. The van der Waals surface area contributed by atoms with Crippen molar-refractivity contribution < 1.29 is 18.3 Å². The van der Waals surface area contributed by atoms with Gasteiger partial charge in [0.1, 0.15) is 10.6 Å². The second-order valence-corrected chi connectivity index (χ2v) is 6.63. The van der Waals surface area contributed by atoms with Crippen LogP contribution in [0.2, 0.25) is 0 Å². The van der Waals surface area contributed by atoms with Crippen LogP contribution in [0.25, 0.3) is 0 Å². The Morgan fingerprint density at radius 3 is 2.70 bits per heavy atom. The van der Waals surface area contributed by atoms with Gasteiger partial charge in [0, 0.05) is 26.4 Å². The van der Waals surface area contributed by atoms with E-state index in [9.17, 15) is 13.2 Å². The van der Waals surface area contributed by atoms with Gasteiger partial charge in [-0.3, -0.25) is 4.79 Å². The van der Waals surface area contributed by atoms with Crippen LogP contribution in [0.1, 0.15) is 30.3 Å². The second-order valence-electron chi connectivity index (χ2n) is 4.86. The lowest BCUT2D eigenvalue weighted by Crippen LogP contribution is -2.25. The fraction of sp³-hybridized carbons (Fsp3) is 0.583. The smallest absolute Gasteiger partial charge is 0.265 e. The molecule has 0 spiro atoms. The summed E-state index contributed by atoms with van der Waals surface area (Å²) in [6, 6.07) is 1.25. The van der Waals surface area contributed by atoms with Crippen molar-refractivity contribution in [2.75, 3.05) is 13.2 Å². The molecule has 4 N–H and O–H groups in total. The number of aryl methyl sites for hydroxylation is 1. The molecule has 0 aliphatic heterocycles. The van der Waals surface area contributed by atoms with Crippen LogP contribution in [-0.2, 0) is 17.1 Å². The van der Waals surface area contributed by atoms with Crippen molar-refractivity contribution in [1.82, 2.24) is 9.29 Å². The van der Waals surface area contributed by atoms with Crippen molar-refractivity contribution in [2.45, 2.75) is 24.7 Å². The maximum absolute atomic E-state index is 12.0. The van der Waals surface area contributed by atoms with Crippen LogP contribution >= 0.6 is 0 Å². The summed E-state index contributed by atoms with van der Waals surface area (Å²) < 4.78 is 27.9. The van der Waals surface area contributed by atoms with Crippen LogP contribution in [0.3, 0.4) is 0 Å². The lowest BCUT2D eigenvalue weighted by atomic mass is 10.1. The molecule has 1 amide bonds. The lowest BCUT2D eigenvalue weighted by Gasteiger charge is -2.08. The molecule has 8 heteroatoms. The molecule has 1 aromatic heterocycles. The maximum atomic E-state index is 12.0. The van der Waals surface area contributed by atoms with E-state index in [1.54, 1.807) is 7.05 Å². The Morgan fingerprint density at radius 2 is 2.20 bits per heavy atom. The van der Waals surface area contributed by atoms with Gasteiger partial charge in [-0.2, -0.15) is 0 Å². The first-order valence-electron chi connectivity index (χ1n) is 6.34. The Labute approximate surface area is 118 Å². The predicted octanol–water partition coefficient (Wildman–Crippen LogP) is -0.189. The van der Waals surface area contributed by atoms with Crippen LogP contribution in [0.15, 0.2) is 17.2 Å². The first kappa shape index (κ1) is 16.7. The number of hydrogen-bond acceptors (Lipinski definition) is 4. The summed E-state index contributed by atoms with van der Waals surface area (Å²) >= 11 is 0. The van der Waals surface area contributed by atoms with E-state index in [0.717, 1.165) is 6.42 Å². The minimum absolute atomic E-state index is 0.0176. The minimum Gasteiger partial charge on any atom is -0.396 e. The summed E-state index contributed by atoms with van der Waals surface area (Å²) in [5.41, 5.74) is 5.28. The maximum Gasteiger partial charge on any atom is 0.265 e. The Balaban J connectivity index is 2.65. The van der Waals surface area contributed by atoms with E-state index in [4.69, 9.17) is 10.8 Å². The Morgan fingerprint density at radius 1 is 1.55 bits per heavy atom. The Bertz CT molecular complexity index is 565. The van der Waals surface area contributed by atoms with Crippen LogP contribution < -0.4 is 10.5 Å². The molecule has 1 aromatic rings. The molecule has 0 saturated heterocycles. The van der Waals surface area contributed by atoms with Gasteiger partial charge in [-0.05, 0) is 24.8 Å². The van der Waals surface area contributed by atoms with Gasteiger partial charge in [0.05, 0.1) is 0 Å². The molecule has 0 saturated carbocycles. The van der Waals surface area contributed by atoms with Crippen LogP contribution in [0.4, 0.5) is 0 Å². The quantitative estimate of drug-likeness (QED) is 0.577. The molecule has 20 heavy (non-hydrogen) atoms. The standard InChI is InChI=1S/C12H21N3O4S/c1-9(8-16)4-3-5-14-20(18,19)10-6-11(12(13)17)15(2)7-10/h6-7,9,14,16H,3-5,8H2,1-2H3,(H2,13,17). The molecule has 7 nitrogen and oxygen atoms in total. The van der Waals surface area contributed by atoms with Gasteiger partial charge in [0.2, 0.25) is 10.0 Å². The largest absolute Gasteiger partial charge is 0.396 e. The number of primary amides is 1. The lowest BCUT2D eigenvalue weighted by molar-refractivity contribution is 0.0992.